The van der Waals surface area contributed by atoms with Gasteiger partial charge in [0.1, 0.15) is 5.82 Å². The predicted octanol–water partition coefficient (Wildman–Crippen LogP) is 0.905. The van der Waals surface area contributed by atoms with Crippen LogP contribution in [0.1, 0.15) is 5.69 Å². The second-order valence-electron chi connectivity index (χ2n) is 3.48. The van der Waals surface area contributed by atoms with Crippen molar-refractivity contribution in [3.8, 4) is 0 Å². The second kappa shape index (κ2) is 3.21. The zero-order valence-corrected chi connectivity index (χ0v) is 8.44. The molecule has 1 aliphatic heterocycles. The molecule has 0 saturated carbocycles. The van der Waals surface area contributed by atoms with Gasteiger partial charge in [0.15, 0.2) is 0 Å². The highest BCUT2D eigenvalue weighted by molar-refractivity contribution is 5.47. The fraction of sp³-hybridized carbons (Fsp3) is 0.300. The maximum absolute atomic E-state index is 5.76. The van der Waals surface area contributed by atoms with Crippen LogP contribution in [0.15, 0.2) is 30.1 Å². The summed E-state index contributed by atoms with van der Waals surface area (Å²) in [5.74, 6) is 1.06. The third kappa shape index (κ3) is 1.51. The van der Waals surface area contributed by atoms with Crippen LogP contribution >= 0.6 is 0 Å². The third-order valence-electron chi connectivity index (χ3n) is 2.20. The molecule has 0 radical (unpaired) electrons. The zero-order valence-electron chi connectivity index (χ0n) is 8.44. The van der Waals surface area contributed by atoms with Gasteiger partial charge in [-0.25, -0.2) is 0 Å². The number of hydrogen-bond donors (Lipinski definition) is 1. The van der Waals surface area contributed by atoms with Gasteiger partial charge in [-0.1, -0.05) is 0 Å². The van der Waals surface area contributed by atoms with E-state index in [2.05, 4.69) is 10.00 Å². The Bertz CT molecular complexity index is 400. The van der Waals surface area contributed by atoms with E-state index in [0.717, 1.165) is 23.8 Å². The average Bonchev–Trinajstić information content (AvgIpc) is 2.45. The molecule has 0 atom stereocenters. The summed E-state index contributed by atoms with van der Waals surface area (Å²) >= 11 is 0. The van der Waals surface area contributed by atoms with Crippen molar-refractivity contribution in [1.29, 1.82) is 0 Å². The molecule has 0 aliphatic carbocycles. The number of hydrogen-bond acceptors (Lipinski definition) is 3. The highest BCUT2D eigenvalue weighted by Gasteiger charge is 2.11. The van der Waals surface area contributed by atoms with Crippen LogP contribution in [-0.2, 0) is 7.05 Å². The Morgan fingerprint density at radius 1 is 1.50 bits per heavy atom. The first kappa shape index (κ1) is 8.87. The molecular formula is C10H14N4. The van der Waals surface area contributed by atoms with Gasteiger partial charge in [-0.15, -0.1) is 0 Å². The van der Waals surface area contributed by atoms with Crippen LogP contribution in [0.4, 0.5) is 5.82 Å². The predicted molar refractivity (Wildman–Crippen MR) is 56.7 cm³/mol. The minimum atomic E-state index is 0.732. The number of anilines is 1. The number of allylic oxidation sites excluding steroid dienone is 2. The maximum atomic E-state index is 5.76. The highest BCUT2D eigenvalue weighted by Crippen LogP contribution is 2.17. The van der Waals surface area contributed by atoms with Crippen LogP contribution < -0.4 is 10.6 Å². The lowest BCUT2D eigenvalue weighted by atomic mass is 10.3. The van der Waals surface area contributed by atoms with Crippen LogP contribution in [-0.4, -0.2) is 16.3 Å². The molecule has 14 heavy (non-hydrogen) atoms. The Morgan fingerprint density at radius 2 is 2.29 bits per heavy atom. The summed E-state index contributed by atoms with van der Waals surface area (Å²) in [6.45, 7) is 2.71. The molecule has 0 spiro atoms. The molecule has 2 rings (SSSR count). The zero-order chi connectivity index (χ0) is 10.1. The van der Waals surface area contributed by atoms with E-state index in [-0.39, 0.29) is 0 Å². The first-order valence-electron chi connectivity index (χ1n) is 4.57. The van der Waals surface area contributed by atoms with Crippen molar-refractivity contribution in [3.63, 3.8) is 0 Å². The Labute approximate surface area is 83.3 Å². The van der Waals surface area contributed by atoms with Crippen LogP contribution in [0.3, 0.4) is 0 Å². The topological polar surface area (TPSA) is 47.1 Å². The lowest BCUT2D eigenvalue weighted by Gasteiger charge is -2.22. The van der Waals surface area contributed by atoms with E-state index in [9.17, 15) is 0 Å². The van der Waals surface area contributed by atoms with E-state index in [1.54, 1.807) is 0 Å². The van der Waals surface area contributed by atoms with Gasteiger partial charge >= 0.3 is 0 Å². The van der Waals surface area contributed by atoms with Crippen LogP contribution in [0.5, 0.6) is 0 Å². The first-order valence-corrected chi connectivity index (χ1v) is 4.57. The molecule has 0 unspecified atom stereocenters. The molecule has 0 fully saturated rings. The number of aromatic nitrogens is 2. The average molecular weight is 190 g/mol. The Morgan fingerprint density at radius 3 is 2.86 bits per heavy atom. The SMILES string of the molecule is Cc1cc(N2C=CC=C(N)C2)n(C)n1. The Hall–Kier alpha value is -1.71. The fourth-order valence-electron chi connectivity index (χ4n) is 1.60. The van der Waals surface area contributed by atoms with Crippen molar-refractivity contribution in [1.82, 2.24) is 9.78 Å². The second-order valence-corrected chi connectivity index (χ2v) is 3.48. The quantitative estimate of drug-likeness (QED) is 0.716. The van der Waals surface area contributed by atoms with E-state index >= 15 is 0 Å². The third-order valence-corrected chi connectivity index (χ3v) is 2.20. The molecule has 0 bridgehead atoms. The molecule has 1 aromatic heterocycles. The van der Waals surface area contributed by atoms with Gasteiger partial charge < -0.3 is 10.6 Å². The Kier molecular flexibility index (Phi) is 2.04. The van der Waals surface area contributed by atoms with E-state index in [1.165, 1.54) is 0 Å². The van der Waals surface area contributed by atoms with E-state index in [1.807, 2.05) is 43.1 Å². The van der Waals surface area contributed by atoms with Gasteiger partial charge in [-0.05, 0) is 19.1 Å². The van der Waals surface area contributed by atoms with Gasteiger partial charge in [0.05, 0.1) is 12.2 Å². The lowest BCUT2D eigenvalue weighted by molar-refractivity contribution is 0.740. The van der Waals surface area contributed by atoms with Gasteiger partial charge in [0.2, 0.25) is 0 Å². The summed E-state index contributed by atoms with van der Waals surface area (Å²) in [7, 11) is 1.94. The van der Waals surface area contributed by atoms with Gasteiger partial charge in [-0.2, -0.15) is 5.10 Å². The van der Waals surface area contributed by atoms with Gasteiger partial charge in [0, 0.05) is 25.0 Å². The fourth-order valence-corrected chi connectivity index (χ4v) is 1.60. The largest absolute Gasteiger partial charge is 0.401 e. The number of rotatable bonds is 1. The van der Waals surface area contributed by atoms with E-state index in [0.29, 0.717) is 0 Å². The standard InChI is InChI=1S/C10H14N4/c1-8-6-10(13(2)12-8)14-5-3-4-9(11)7-14/h3-6H,7,11H2,1-2H3. The number of nitrogens with two attached hydrogens (primary N) is 1. The smallest absolute Gasteiger partial charge is 0.131 e. The maximum Gasteiger partial charge on any atom is 0.131 e. The minimum Gasteiger partial charge on any atom is -0.401 e. The summed E-state index contributed by atoms with van der Waals surface area (Å²) in [5, 5.41) is 4.29. The summed E-state index contributed by atoms with van der Waals surface area (Å²) < 4.78 is 1.86. The molecule has 0 amide bonds. The van der Waals surface area contributed by atoms with Crippen LogP contribution in [0.25, 0.3) is 0 Å². The van der Waals surface area contributed by atoms with Crippen molar-refractivity contribution < 1.29 is 0 Å². The van der Waals surface area contributed by atoms with Crippen molar-refractivity contribution in [2.75, 3.05) is 11.4 Å². The van der Waals surface area contributed by atoms with Crippen molar-refractivity contribution in [2.45, 2.75) is 6.92 Å². The molecule has 4 nitrogen and oxygen atoms in total. The summed E-state index contributed by atoms with van der Waals surface area (Å²) in [6, 6.07) is 2.04. The number of aryl methyl sites for hydroxylation is 2. The monoisotopic (exact) mass is 190 g/mol. The minimum absolute atomic E-state index is 0.732. The summed E-state index contributed by atoms with van der Waals surface area (Å²) in [4.78, 5) is 2.08. The molecule has 74 valence electrons. The molecule has 2 N–H and O–H groups in total. The molecular weight excluding hydrogens is 176 g/mol. The highest BCUT2D eigenvalue weighted by atomic mass is 15.4. The molecule has 0 saturated heterocycles. The molecule has 2 heterocycles. The normalized spacial score (nSPS) is 15.9. The first-order chi connectivity index (χ1) is 6.66. The molecule has 4 heteroatoms. The molecule has 0 aromatic carbocycles. The van der Waals surface area contributed by atoms with Crippen LogP contribution in [0.2, 0.25) is 0 Å². The number of nitrogens with zero attached hydrogens (tertiary/aromatic N) is 3. The van der Waals surface area contributed by atoms with Crippen molar-refractivity contribution >= 4 is 5.82 Å². The van der Waals surface area contributed by atoms with Crippen molar-refractivity contribution in [3.05, 3.63) is 35.8 Å². The van der Waals surface area contributed by atoms with E-state index in [4.69, 9.17) is 5.73 Å². The van der Waals surface area contributed by atoms with Gasteiger partial charge in [0.25, 0.3) is 0 Å². The lowest BCUT2D eigenvalue weighted by Crippen LogP contribution is -2.26. The molecule has 1 aliphatic rings. The molecule has 1 aromatic rings. The Balaban J connectivity index is 2.29. The summed E-state index contributed by atoms with van der Waals surface area (Å²) in [5.41, 5.74) is 7.64. The van der Waals surface area contributed by atoms with Gasteiger partial charge in [-0.3, -0.25) is 4.68 Å². The summed E-state index contributed by atoms with van der Waals surface area (Å²) in [6.07, 6.45) is 5.87. The van der Waals surface area contributed by atoms with Crippen LogP contribution in [0, 0.1) is 6.92 Å². The van der Waals surface area contributed by atoms with E-state index < -0.39 is 0 Å². The van der Waals surface area contributed by atoms with Crippen molar-refractivity contribution in [2.24, 2.45) is 12.8 Å².